The highest BCUT2D eigenvalue weighted by Gasteiger charge is 2.21. The topological polar surface area (TPSA) is 48.9 Å². The van der Waals surface area contributed by atoms with Crippen molar-refractivity contribution in [2.75, 3.05) is 0 Å². The zero-order chi connectivity index (χ0) is 10.9. The van der Waals surface area contributed by atoms with Gasteiger partial charge in [-0.3, -0.25) is 0 Å². The molecule has 0 aliphatic rings. The SMILES string of the molecule is Cc1[nH]c(C(C)(C)O)nc1CC(C)C. The number of hydrogen-bond acceptors (Lipinski definition) is 2. The van der Waals surface area contributed by atoms with Crippen LogP contribution < -0.4 is 0 Å². The van der Waals surface area contributed by atoms with E-state index < -0.39 is 5.60 Å². The summed E-state index contributed by atoms with van der Waals surface area (Å²) in [4.78, 5) is 7.54. The molecule has 3 nitrogen and oxygen atoms in total. The van der Waals surface area contributed by atoms with Gasteiger partial charge in [0.15, 0.2) is 0 Å². The van der Waals surface area contributed by atoms with E-state index in [9.17, 15) is 5.11 Å². The minimum atomic E-state index is -0.875. The molecule has 2 N–H and O–H groups in total. The number of hydrogen-bond donors (Lipinski definition) is 2. The standard InChI is InChI=1S/C11H20N2O/c1-7(2)6-9-8(3)12-10(13-9)11(4,5)14/h7,14H,6H2,1-5H3,(H,12,13). The van der Waals surface area contributed by atoms with Crippen LogP contribution >= 0.6 is 0 Å². The first kappa shape index (κ1) is 11.2. The fourth-order valence-corrected chi connectivity index (χ4v) is 1.37. The van der Waals surface area contributed by atoms with Crippen LogP contribution in [-0.2, 0) is 12.0 Å². The Morgan fingerprint density at radius 2 is 2.00 bits per heavy atom. The van der Waals surface area contributed by atoms with Crippen molar-refractivity contribution in [3.63, 3.8) is 0 Å². The maximum Gasteiger partial charge on any atom is 0.138 e. The highest BCUT2D eigenvalue weighted by molar-refractivity contribution is 5.16. The summed E-state index contributed by atoms with van der Waals surface area (Å²) < 4.78 is 0. The van der Waals surface area contributed by atoms with Crippen molar-refractivity contribution in [1.82, 2.24) is 9.97 Å². The average molecular weight is 196 g/mol. The molecule has 0 atom stereocenters. The zero-order valence-electron chi connectivity index (χ0n) is 9.68. The fraction of sp³-hybridized carbons (Fsp3) is 0.727. The summed E-state index contributed by atoms with van der Waals surface area (Å²) in [5, 5.41) is 9.77. The Balaban J connectivity index is 2.94. The second kappa shape index (κ2) is 3.73. The summed E-state index contributed by atoms with van der Waals surface area (Å²) in [6.45, 7) is 9.81. The lowest BCUT2D eigenvalue weighted by Crippen LogP contribution is -2.17. The molecule has 0 bridgehead atoms. The van der Waals surface area contributed by atoms with Gasteiger partial charge < -0.3 is 10.1 Å². The van der Waals surface area contributed by atoms with E-state index in [-0.39, 0.29) is 0 Å². The van der Waals surface area contributed by atoms with Crippen molar-refractivity contribution in [1.29, 1.82) is 0 Å². The first-order valence-corrected chi connectivity index (χ1v) is 5.09. The van der Waals surface area contributed by atoms with Gasteiger partial charge >= 0.3 is 0 Å². The number of rotatable bonds is 3. The van der Waals surface area contributed by atoms with Crippen LogP contribution in [0.25, 0.3) is 0 Å². The van der Waals surface area contributed by atoms with Crippen LogP contribution in [0.2, 0.25) is 0 Å². The molecular formula is C11H20N2O. The summed E-state index contributed by atoms with van der Waals surface area (Å²) in [6.07, 6.45) is 0.957. The number of nitrogens with one attached hydrogen (secondary N) is 1. The number of aryl methyl sites for hydroxylation is 1. The molecule has 1 heterocycles. The van der Waals surface area contributed by atoms with Gasteiger partial charge in [-0.1, -0.05) is 13.8 Å². The predicted molar refractivity (Wildman–Crippen MR) is 57.1 cm³/mol. The van der Waals surface area contributed by atoms with E-state index in [1.54, 1.807) is 13.8 Å². The molecule has 80 valence electrons. The highest BCUT2D eigenvalue weighted by Crippen LogP contribution is 2.19. The van der Waals surface area contributed by atoms with Crippen molar-refractivity contribution < 1.29 is 5.11 Å². The molecule has 0 spiro atoms. The molecule has 3 heteroatoms. The van der Waals surface area contributed by atoms with Crippen molar-refractivity contribution >= 4 is 0 Å². The van der Waals surface area contributed by atoms with Crippen LogP contribution in [0.3, 0.4) is 0 Å². The van der Waals surface area contributed by atoms with Crippen LogP contribution in [0.4, 0.5) is 0 Å². The number of nitrogens with zero attached hydrogens (tertiary/aromatic N) is 1. The van der Waals surface area contributed by atoms with E-state index in [0.717, 1.165) is 17.8 Å². The van der Waals surface area contributed by atoms with Crippen LogP contribution in [0.5, 0.6) is 0 Å². The van der Waals surface area contributed by atoms with Crippen molar-refractivity contribution in [3.8, 4) is 0 Å². The van der Waals surface area contributed by atoms with E-state index in [0.29, 0.717) is 11.7 Å². The largest absolute Gasteiger partial charge is 0.383 e. The van der Waals surface area contributed by atoms with Gasteiger partial charge in [0.05, 0.1) is 5.69 Å². The molecule has 0 amide bonds. The molecule has 14 heavy (non-hydrogen) atoms. The second-order valence-electron chi connectivity index (χ2n) is 4.81. The number of H-pyrrole nitrogens is 1. The number of aromatic amines is 1. The van der Waals surface area contributed by atoms with Crippen LogP contribution in [0.15, 0.2) is 0 Å². The Morgan fingerprint density at radius 1 is 1.43 bits per heavy atom. The fourth-order valence-electron chi connectivity index (χ4n) is 1.37. The van der Waals surface area contributed by atoms with Gasteiger partial charge in [-0.15, -0.1) is 0 Å². The van der Waals surface area contributed by atoms with Gasteiger partial charge in [-0.2, -0.15) is 0 Å². The highest BCUT2D eigenvalue weighted by atomic mass is 16.3. The van der Waals surface area contributed by atoms with Crippen molar-refractivity contribution in [2.45, 2.75) is 46.6 Å². The van der Waals surface area contributed by atoms with Crippen LogP contribution in [0.1, 0.15) is 44.9 Å². The second-order valence-corrected chi connectivity index (χ2v) is 4.81. The lowest BCUT2D eigenvalue weighted by molar-refractivity contribution is 0.0694. The molecule has 0 radical (unpaired) electrons. The van der Waals surface area contributed by atoms with Gasteiger partial charge in [0.1, 0.15) is 11.4 Å². The predicted octanol–water partition coefficient (Wildman–Crippen LogP) is 2.14. The molecule has 0 unspecified atom stereocenters. The van der Waals surface area contributed by atoms with Gasteiger partial charge in [-0.05, 0) is 33.1 Å². The maximum atomic E-state index is 9.77. The zero-order valence-corrected chi connectivity index (χ0v) is 9.68. The summed E-state index contributed by atoms with van der Waals surface area (Å²) in [5.41, 5.74) is 1.26. The van der Waals surface area contributed by atoms with Crippen molar-refractivity contribution in [2.24, 2.45) is 5.92 Å². The lowest BCUT2D eigenvalue weighted by atomic mass is 10.1. The Hall–Kier alpha value is -0.830. The molecule has 0 saturated heterocycles. The lowest BCUT2D eigenvalue weighted by Gasteiger charge is -2.12. The Bertz CT molecular complexity index is 308. The number of aromatic nitrogens is 2. The molecule has 0 aliphatic heterocycles. The summed E-state index contributed by atoms with van der Waals surface area (Å²) in [6, 6.07) is 0. The van der Waals surface area contributed by atoms with E-state index in [4.69, 9.17) is 0 Å². The summed E-state index contributed by atoms with van der Waals surface area (Å²) in [7, 11) is 0. The number of imidazole rings is 1. The average Bonchev–Trinajstić information content (AvgIpc) is 2.30. The Labute approximate surface area is 85.6 Å². The molecule has 1 aromatic rings. The smallest absolute Gasteiger partial charge is 0.138 e. The normalized spacial score (nSPS) is 12.5. The first-order chi connectivity index (χ1) is 6.30. The van der Waals surface area contributed by atoms with E-state index in [1.807, 2.05) is 6.92 Å². The molecule has 0 fully saturated rings. The van der Waals surface area contributed by atoms with Crippen LogP contribution in [-0.4, -0.2) is 15.1 Å². The van der Waals surface area contributed by atoms with E-state index in [1.165, 1.54) is 0 Å². The van der Waals surface area contributed by atoms with E-state index in [2.05, 4.69) is 23.8 Å². The molecule has 1 aromatic heterocycles. The summed E-state index contributed by atoms with van der Waals surface area (Å²) >= 11 is 0. The van der Waals surface area contributed by atoms with Gasteiger partial charge in [-0.25, -0.2) is 4.98 Å². The van der Waals surface area contributed by atoms with E-state index >= 15 is 0 Å². The third-order valence-corrected chi connectivity index (χ3v) is 2.17. The maximum absolute atomic E-state index is 9.77. The third-order valence-electron chi connectivity index (χ3n) is 2.17. The van der Waals surface area contributed by atoms with Gasteiger partial charge in [0, 0.05) is 5.69 Å². The minimum absolute atomic E-state index is 0.589. The molecule has 1 rings (SSSR count). The van der Waals surface area contributed by atoms with Crippen molar-refractivity contribution in [3.05, 3.63) is 17.2 Å². The van der Waals surface area contributed by atoms with Gasteiger partial charge in [0.2, 0.25) is 0 Å². The minimum Gasteiger partial charge on any atom is -0.383 e. The molecule has 0 aromatic carbocycles. The number of aliphatic hydroxyl groups is 1. The van der Waals surface area contributed by atoms with Crippen LogP contribution in [0, 0.1) is 12.8 Å². The quantitative estimate of drug-likeness (QED) is 0.778. The third kappa shape index (κ3) is 2.58. The summed E-state index contributed by atoms with van der Waals surface area (Å²) in [5.74, 6) is 1.25. The Kier molecular flexibility index (Phi) is 3.00. The Morgan fingerprint density at radius 3 is 2.36 bits per heavy atom. The molecule has 0 aliphatic carbocycles. The molecule has 0 saturated carbocycles. The van der Waals surface area contributed by atoms with Gasteiger partial charge in [0.25, 0.3) is 0 Å². The monoisotopic (exact) mass is 196 g/mol. The molecular weight excluding hydrogens is 176 g/mol. The first-order valence-electron chi connectivity index (χ1n) is 5.09.